The number of nitrogens with one attached hydrogen (secondary N) is 1. The third-order valence-corrected chi connectivity index (χ3v) is 5.08. The largest absolute Gasteiger partial charge is 0.368 e. The number of benzene rings is 2. The lowest BCUT2D eigenvalue weighted by atomic mass is 10.2. The zero-order valence-corrected chi connectivity index (χ0v) is 15.2. The van der Waals surface area contributed by atoms with Crippen LogP contribution in [0.15, 0.2) is 64.7 Å². The molecule has 1 heterocycles. The van der Waals surface area contributed by atoms with Gasteiger partial charge in [-0.3, -0.25) is 14.9 Å². The number of rotatable bonds is 7. The minimum atomic E-state index is -4.09. The number of hydrogen-bond donors (Lipinski definition) is 2. The number of carbonyl (C=O) groups excluding carboxylic acids is 1. The molecule has 11 heteroatoms. The van der Waals surface area contributed by atoms with Gasteiger partial charge in [-0.2, -0.15) is 13.5 Å². The average Bonchev–Trinajstić information content (AvgIpc) is 2.99. The highest BCUT2D eigenvalue weighted by molar-refractivity contribution is 7.89. The maximum absolute atomic E-state index is 12.3. The number of sulfonamides is 1. The highest BCUT2D eigenvalue weighted by Gasteiger charge is 2.17. The van der Waals surface area contributed by atoms with Crippen molar-refractivity contribution >= 4 is 38.7 Å². The Balaban J connectivity index is 1.87. The van der Waals surface area contributed by atoms with Crippen LogP contribution in [0.4, 0.5) is 5.69 Å². The molecule has 1 amide bonds. The van der Waals surface area contributed by atoms with E-state index in [1.807, 2.05) is 4.83 Å². The predicted octanol–water partition coefficient (Wildman–Crippen LogP) is 1.35. The zero-order chi connectivity index (χ0) is 20.3. The van der Waals surface area contributed by atoms with Crippen LogP contribution in [0.5, 0.6) is 0 Å². The van der Waals surface area contributed by atoms with Crippen molar-refractivity contribution in [1.82, 2.24) is 9.40 Å². The summed E-state index contributed by atoms with van der Waals surface area (Å²) in [6.07, 6.45) is 2.91. The number of hydrazone groups is 1. The molecule has 28 heavy (non-hydrogen) atoms. The summed E-state index contributed by atoms with van der Waals surface area (Å²) >= 11 is 0. The Hall–Kier alpha value is -3.73. The first kappa shape index (κ1) is 19.0. The van der Waals surface area contributed by atoms with Crippen molar-refractivity contribution < 1.29 is 18.1 Å². The molecule has 0 radical (unpaired) electrons. The van der Waals surface area contributed by atoms with E-state index >= 15 is 0 Å². The molecule has 0 unspecified atom stereocenters. The minimum Gasteiger partial charge on any atom is -0.368 e. The van der Waals surface area contributed by atoms with E-state index in [0.717, 1.165) is 17.0 Å². The number of primary amides is 1. The summed E-state index contributed by atoms with van der Waals surface area (Å²) in [7, 11) is -4.09. The second-order valence-corrected chi connectivity index (χ2v) is 7.46. The Morgan fingerprint density at radius 2 is 2.00 bits per heavy atom. The molecule has 0 aliphatic heterocycles. The van der Waals surface area contributed by atoms with Crippen LogP contribution in [-0.4, -0.2) is 30.0 Å². The number of para-hydroxylation sites is 1. The van der Waals surface area contributed by atoms with Crippen LogP contribution >= 0.6 is 0 Å². The van der Waals surface area contributed by atoms with Crippen LogP contribution in [0, 0.1) is 10.1 Å². The van der Waals surface area contributed by atoms with E-state index in [-0.39, 0.29) is 17.1 Å². The lowest BCUT2D eigenvalue weighted by Crippen LogP contribution is -2.18. The van der Waals surface area contributed by atoms with Gasteiger partial charge in [0.05, 0.1) is 16.0 Å². The normalized spacial score (nSPS) is 11.7. The zero-order valence-electron chi connectivity index (χ0n) is 14.3. The Morgan fingerprint density at radius 3 is 2.71 bits per heavy atom. The van der Waals surface area contributed by atoms with Gasteiger partial charge in [0.25, 0.3) is 15.7 Å². The molecule has 0 aliphatic rings. The maximum Gasteiger partial charge on any atom is 0.276 e. The molecule has 0 aliphatic carbocycles. The number of amides is 1. The van der Waals surface area contributed by atoms with Crippen LogP contribution in [0.3, 0.4) is 0 Å². The van der Waals surface area contributed by atoms with Crippen molar-refractivity contribution in [2.24, 2.45) is 10.8 Å². The van der Waals surface area contributed by atoms with Crippen molar-refractivity contribution in [3.05, 3.63) is 70.4 Å². The Morgan fingerprint density at radius 1 is 1.25 bits per heavy atom. The van der Waals surface area contributed by atoms with Crippen LogP contribution in [0.2, 0.25) is 0 Å². The molecule has 3 N–H and O–H groups in total. The Labute approximate surface area is 159 Å². The van der Waals surface area contributed by atoms with E-state index in [4.69, 9.17) is 5.73 Å². The van der Waals surface area contributed by atoms with Gasteiger partial charge in [0.15, 0.2) is 0 Å². The molecule has 3 aromatic rings. The quantitative estimate of drug-likeness (QED) is 0.348. The first-order valence-electron chi connectivity index (χ1n) is 7.93. The molecule has 0 saturated heterocycles. The first-order valence-corrected chi connectivity index (χ1v) is 9.42. The number of nitro benzene ring substituents is 1. The van der Waals surface area contributed by atoms with Crippen molar-refractivity contribution in [2.45, 2.75) is 11.4 Å². The molecule has 0 spiro atoms. The molecule has 0 bridgehead atoms. The topological polar surface area (TPSA) is 150 Å². The molecular weight excluding hydrogens is 386 g/mol. The highest BCUT2D eigenvalue weighted by Crippen LogP contribution is 2.20. The van der Waals surface area contributed by atoms with E-state index in [1.54, 1.807) is 35.0 Å². The SMILES string of the molecule is NC(=O)Cn1cc(/C=N/NS(=O)(=O)c2cccc([N+](=O)[O-])c2)c2ccccc21. The summed E-state index contributed by atoms with van der Waals surface area (Å²) in [5.41, 5.74) is 6.21. The van der Waals surface area contributed by atoms with Gasteiger partial charge < -0.3 is 10.3 Å². The smallest absolute Gasteiger partial charge is 0.276 e. The molecule has 10 nitrogen and oxygen atoms in total. The van der Waals surface area contributed by atoms with Crippen LogP contribution in [0.1, 0.15) is 5.56 Å². The number of hydrogen-bond acceptors (Lipinski definition) is 6. The summed E-state index contributed by atoms with van der Waals surface area (Å²) in [5, 5.41) is 15.3. The van der Waals surface area contributed by atoms with E-state index < -0.39 is 20.9 Å². The number of nitro groups is 1. The summed E-state index contributed by atoms with van der Waals surface area (Å²) in [4.78, 5) is 23.1. The Kier molecular flexibility index (Phi) is 5.09. The second kappa shape index (κ2) is 7.48. The highest BCUT2D eigenvalue weighted by atomic mass is 32.2. The second-order valence-electron chi connectivity index (χ2n) is 5.80. The number of non-ortho nitro benzene ring substituents is 1. The van der Waals surface area contributed by atoms with Crippen molar-refractivity contribution in [3.63, 3.8) is 0 Å². The number of fused-ring (bicyclic) bond motifs is 1. The van der Waals surface area contributed by atoms with Gasteiger partial charge in [-0.05, 0) is 12.1 Å². The fourth-order valence-electron chi connectivity index (χ4n) is 2.66. The predicted molar refractivity (Wildman–Crippen MR) is 102 cm³/mol. The monoisotopic (exact) mass is 401 g/mol. The summed E-state index contributed by atoms with van der Waals surface area (Å²) in [6, 6.07) is 11.8. The molecule has 0 fully saturated rings. The van der Waals surface area contributed by atoms with Gasteiger partial charge in [0.2, 0.25) is 5.91 Å². The third-order valence-electron chi connectivity index (χ3n) is 3.86. The van der Waals surface area contributed by atoms with Gasteiger partial charge in [-0.15, -0.1) is 0 Å². The van der Waals surface area contributed by atoms with Gasteiger partial charge in [0, 0.05) is 34.8 Å². The first-order chi connectivity index (χ1) is 13.3. The third kappa shape index (κ3) is 3.99. The van der Waals surface area contributed by atoms with Gasteiger partial charge in [0.1, 0.15) is 6.54 Å². The lowest BCUT2D eigenvalue weighted by molar-refractivity contribution is -0.385. The molecule has 1 aromatic heterocycles. The summed E-state index contributed by atoms with van der Waals surface area (Å²) in [5.74, 6) is -0.518. The minimum absolute atomic E-state index is 0.0340. The summed E-state index contributed by atoms with van der Waals surface area (Å²) < 4.78 is 26.2. The van der Waals surface area contributed by atoms with Gasteiger partial charge in [-0.1, -0.05) is 24.3 Å². The number of nitrogens with zero attached hydrogens (tertiary/aromatic N) is 3. The fraction of sp³-hybridized carbons (Fsp3) is 0.0588. The van der Waals surface area contributed by atoms with E-state index in [2.05, 4.69) is 5.10 Å². The van der Waals surface area contributed by atoms with E-state index in [0.29, 0.717) is 5.56 Å². The van der Waals surface area contributed by atoms with Crippen LogP contribution in [-0.2, 0) is 21.4 Å². The molecular formula is C17H15N5O5S. The van der Waals surface area contributed by atoms with Crippen LogP contribution < -0.4 is 10.6 Å². The summed E-state index contributed by atoms with van der Waals surface area (Å²) in [6.45, 7) is -0.0340. The van der Waals surface area contributed by atoms with E-state index in [1.165, 1.54) is 24.4 Å². The molecule has 0 saturated carbocycles. The number of nitrogens with two attached hydrogens (primary N) is 1. The maximum atomic E-state index is 12.3. The van der Waals surface area contributed by atoms with Gasteiger partial charge in [-0.25, -0.2) is 4.83 Å². The van der Waals surface area contributed by atoms with Gasteiger partial charge >= 0.3 is 0 Å². The molecule has 2 aromatic carbocycles. The molecule has 144 valence electrons. The van der Waals surface area contributed by atoms with Crippen LogP contribution in [0.25, 0.3) is 10.9 Å². The standard InChI is InChI=1S/C17H15N5O5S/c18-17(23)11-21-10-12(15-6-1-2-7-16(15)21)9-19-20-28(26,27)14-5-3-4-13(8-14)22(24)25/h1-10,20H,11H2,(H2,18,23)/b19-9+. The fourth-order valence-corrected chi connectivity index (χ4v) is 3.49. The number of carbonyl (C=O) groups is 1. The van der Waals surface area contributed by atoms with Crippen molar-refractivity contribution in [1.29, 1.82) is 0 Å². The lowest BCUT2D eigenvalue weighted by Gasteiger charge is -2.02. The Bertz CT molecular complexity index is 1200. The molecule has 0 atom stereocenters. The molecule has 3 rings (SSSR count). The van der Waals surface area contributed by atoms with Crippen molar-refractivity contribution in [2.75, 3.05) is 0 Å². The number of aromatic nitrogens is 1. The van der Waals surface area contributed by atoms with E-state index in [9.17, 15) is 23.3 Å². The van der Waals surface area contributed by atoms with Crippen molar-refractivity contribution in [3.8, 4) is 0 Å². The average molecular weight is 401 g/mol.